The van der Waals surface area contributed by atoms with Crippen molar-refractivity contribution in [2.24, 2.45) is 0 Å². The predicted octanol–water partition coefficient (Wildman–Crippen LogP) is 15.5. The Labute approximate surface area is 332 Å². The van der Waals surface area contributed by atoms with Crippen LogP contribution in [0.5, 0.6) is 0 Å². The van der Waals surface area contributed by atoms with Gasteiger partial charge in [-0.3, -0.25) is 0 Å². The van der Waals surface area contributed by atoms with Crippen molar-refractivity contribution in [2.45, 2.75) is 19.3 Å². The molecule has 1 aliphatic rings. The predicted molar refractivity (Wildman–Crippen MR) is 240 cm³/mol. The molecule has 0 radical (unpaired) electrons. The third-order valence-corrected chi connectivity index (χ3v) is 12.1. The van der Waals surface area contributed by atoms with Crippen LogP contribution in [0.2, 0.25) is 0 Å². The zero-order valence-corrected chi connectivity index (χ0v) is 31.9. The summed E-state index contributed by atoms with van der Waals surface area (Å²) in [5, 5.41) is 4.74. The number of rotatable bonds is 6. The first-order valence-electron chi connectivity index (χ1n) is 19.8. The molecule has 0 saturated heterocycles. The number of benzene rings is 9. The van der Waals surface area contributed by atoms with E-state index in [0.717, 1.165) is 50.1 Å². The standard InChI is InChI=1S/C55H39NO/c1-55(2)48-29-8-5-24-46(48)53-45(28-14-30-49(53)55)44-23-6-9-31-50(44)56(39-20-11-18-37(34-39)42-26-13-17-36-16-3-4-22-41(36)42)40-21-12-19-38(35-40)43-27-15-33-52-54(43)47-25-7-10-32-51(47)57-52/h3-35H,1-2H3. The Morgan fingerprint density at radius 2 is 0.947 bits per heavy atom. The number of furan rings is 1. The molecule has 0 aliphatic heterocycles. The minimum Gasteiger partial charge on any atom is -0.456 e. The Bertz CT molecular complexity index is 3180. The van der Waals surface area contributed by atoms with Gasteiger partial charge in [0.2, 0.25) is 0 Å². The van der Waals surface area contributed by atoms with Crippen LogP contribution in [0.15, 0.2) is 205 Å². The second-order valence-corrected chi connectivity index (χ2v) is 15.7. The van der Waals surface area contributed by atoms with Crippen LogP contribution in [0.25, 0.3) is 77.2 Å². The molecule has 0 bridgehead atoms. The van der Waals surface area contributed by atoms with Crippen LogP contribution >= 0.6 is 0 Å². The van der Waals surface area contributed by atoms with Gasteiger partial charge in [0.05, 0.1) is 5.69 Å². The van der Waals surface area contributed by atoms with E-state index < -0.39 is 0 Å². The Balaban J connectivity index is 1.15. The molecular formula is C55H39NO. The summed E-state index contributed by atoms with van der Waals surface area (Å²) in [6.07, 6.45) is 0. The first kappa shape index (κ1) is 33.2. The topological polar surface area (TPSA) is 16.4 Å². The highest BCUT2D eigenvalue weighted by Crippen LogP contribution is 2.54. The molecule has 11 rings (SSSR count). The van der Waals surface area contributed by atoms with Crippen LogP contribution in [0, 0.1) is 0 Å². The molecule has 0 atom stereocenters. The second-order valence-electron chi connectivity index (χ2n) is 15.7. The minimum absolute atomic E-state index is 0.101. The Kier molecular flexibility index (Phi) is 7.55. The molecule has 1 heterocycles. The van der Waals surface area contributed by atoms with Crippen molar-refractivity contribution >= 4 is 49.8 Å². The summed E-state index contributed by atoms with van der Waals surface area (Å²) in [5.74, 6) is 0. The largest absolute Gasteiger partial charge is 0.456 e. The van der Waals surface area contributed by atoms with E-state index >= 15 is 0 Å². The van der Waals surface area contributed by atoms with Crippen molar-refractivity contribution in [3.8, 4) is 44.5 Å². The van der Waals surface area contributed by atoms with Crippen molar-refractivity contribution in [3.63, 3.8) is 0 Å². The number of nitrogens with zero attached hydrogens (tertiary/aromatic N) is 1. The van der Waals surface area contributed by atoms with Crippen LogP contribution in [0.4, 0.5) is 17.1 Å². The lowest BCUT2D eigenvalue weighted by Crippen LogP contribution is -2.15. The molecule has 57 heavy (non-hydrogen) atoms. The lowest BCUT2D eigenvalue weighted by molar-refractivity contribution is 0.660. The van der Waals surface area contributed by atoms with Crippen LogP contribution in [-0.4, -0.2) is 0 Å². The minimum atomic E-state index is -0.101. The van der Waals surface area contributed by atoms with Crippen molar-refractivity contribution in [3.05, 3.63) is 211 Å². The second kappa shape index (κ2) is 13.0. The molecule has 0 saturated carbocycles. The molecule has 2 nitrogen and oxygen atoms in total. The maximum atomic E-state index is 6.35. The van der Waals surface area contributed by atoms with Gasteiger partial charge in [0.1, 0.15) is 11.2 Å². The molecule has 0 fully saturated rings. The SMILES string of the molecule is CC1(C)c2ccccc2-c2c(-c3ccccc3N(c3cccc(-c4cccc5ccccc45)c3)c3cccc(-c4cccc5oc6ccccc6c45)c3)cccc21. The third kappa shape index (κ3) is 5.25. The van der Waals surface area contributed by atoms with Gasteiger partial charge in [-0.05, 0) is 103 Å². The summed E-state index contributed by atoms with van der Waals surface area (Å²) in [6, 6.07) is 72.7. The molecule has 0 unspecified atom stereocenters. The Morgan fingerprint density at radius 3 is 1.79 bits per heavy atom. The van der Waals surface area contributed by atoms with Crippen LogP contribution < -0.4 is 4.90 Å². The van der Waals surface area contributed by atoms with E-state index in [-0.39, 0.29) is 5.41 Å². The van der Waals surface area contributed by atoms with Crippen LogP contribution in [0.1, 0.15) is 25.0 Å². The highest BCUT2D eigenvalue weighted by atomic mass is 16.3. The highest BCUT2D eigenvalue weighted by molar-refractivity contribution is 6.12. The van der Waals surface area contributed by atoms with Gasteiger partial charge in [-0.2, -0.15) is 0 Å². The number of para-hydroxylation sites is 2. The quantitative estimate of drug-likeness (QED) is 0.169. The van der Waals surface area contributed by atoms with Gasteiger partial charge < -0.3 is 9.32 Å². The van der Waals surface area contributed by atoms with Crippen molar-refractivity contribution in [2.75, 3.05) is 4.90 Å². The van der Waals surface area contributed by atoms with Gasteiger partial charge in [-0.1, -0.05) is 172 Å². The number of hydrogen-bond acceptors (Lipinski definition) is 2. The zero-order valence-electron chi connectivity index (χ0n) is 31.9. The highest BCUT2D eigenvalue weighted by Gasteiger charge is 2.37. The first-order valence-corrected chi connectivity index (χ1v) is 19.8. The van der Waals surface area contributed by atoms with Gasteiger partial charge in [0.15, 0.2) is 0 Å². The summed E-state index contributed by atoms with van der Waals surface area (Å²) in [4.78, 5) is 2.45. The molecule has 2 heteroatoms. The Morgan fingerprint density at radius 1 is 0.404 bits per heavy atom. The summed E-state index contributed by atoms with van der Waals surface area (Å²) in [5.41, 5.74) is 17.4. The van der Waals surface area contributed by atoms with E-state index in [0.29, 0.717) is 0 Å². The van der Waals surface area contributed by atoms with Gasteiger partial charge in [-0.25, -0.2) is 0 Å². The van der Waals surface area contributed by atoms with E-state index in [1.165, 1.54) is 55.3 Å². The van der Waals surface area contributed by atoms with Gasteiger partial charge >= 0.3 is 0 Å². The average Bonchev–Trinajstić information content (AvgIpc) is 3.76. The summed E-state index contributed by atoms with van der Waals surface area (Å²) < 4.78 is 6.35. The smallest absolute Gasteiger partial charge is 0.136 e. The van der Waals surface area contributed by atoms with Gasteiger partial charge in [0, 0.05) is 33.1 Å². The Hall–Kier alpha value is -7.16. The first-order chi connectivity index (χ1) is 28.0. The van der Waals surface area contributed by atoms with E-state index in [4.69, 9.17) is 4.42 Å². The molecular weight excluding hydrogens is 691 g/mol. The fraction of sp³-hybridized carbons (Fsp3) is 0.0545. The average molecular weight is 730 g/mol. The van der Waals surface area contributed by atoms with Crippen LogP contribution in [-0.2, 0) is 5.41 Å². The summed E-state index contributed by atoms with van der Waals surface area (Å²) >= 11 is 0. The molecule has 0 amide bonds. The normalized spacial score (nSPS) is 12.9. The van der Waals surface area contributed by atoms with E-state index in [1.54, 1.807) is 0 Å². The molecule has 0 spiro atoms. The summed E-state index contributed by atoms with van der Waals surface area (Å²) in [6.45, 7) is 4.71. The molecule has 270 valence electrons. The van der Waals surface area contributed by atoms with Crippen molar-refractivity contribution in [1.29, 1.82) is 0 Å². The third-order valence-electron chi connectivity index (χ3n) is 12.1. The zero-order chi connectivity index (χ0) is 38.1. The molecule has 10 aromatic rings. The molecule has 0 N–H and O–H groups in total. The van der Waals surface area contributed by atoms with Gasteiger partial charge in [-0.15, -0.1) is 0 Å². The molecule has 1 aliphatic carbocycles. The fourth-order valence-corrected chi connectivity index (χ4v) is 9.42. The van der Waals surface area contributed by atoms with Gasteiger partial charge in [0.25, 0.3) is 0 Å². The summed E-state index contributed by atoms with van der Waals surface area (Å²) in [7, 11) is 0. The lowest BCUT2D eigenvalue weighted by Gasteiger charge is -2.29. The monoisotopic (exact) mass is 729 g/mol. The number of anilines is 3. The number of fused-ring (bicyclic) bond motifs is 7. The molecule has 9 aromatic carbocycles. The number of hydrogen-bond donors (Lipinski definition) is 0. The van der Waals surface area contributed by atoms with Crippen molar-refractivity contribution < 1.29 is 4.42 Å². The lowest BCUT2D eigenvalue weighted by atomic mass is 9.82. The fourth-order valence-electron chi connectivity index (χ4n) is 9.42. The van der Waals surface area contributed by atoms with E-state index in [9.17, 15) is 0 Å². The maximum Gasteiger partial charge on any atom is 0.136 e. The van der Waals surface area contributed by atoms with Crippen LogP contribution in [0.3, 0.4) is 0 Å². The van der Waals surface area contributed by atoms with E-state index in [1.807, 2.05) is 6.07 Å². The molecule has 1 aromatic heterocycles. The maximum absolute atomic E-state index is 6.35. The van der Waals surface area contributed by atoms with E-state index in [2.05, 4.69) is 213 Å². The van der Waals surface area contributed by atoms with Crippen molar-refractivity contribution in [1.82, 2.24) is 0 Å².